The van der Waals surface area contributed by atoms with Crippen molar-refractivity contribution in [2.45, 2.75) is 12.2 Å². The number of aliphatic carboxylic acids is 2. The molecule has 17 heavy (non-hydrogen) atoms. The van der Waals surface area contributed by atoms with E-state index in [2.05, 4.69) is 0 Å². The Balaban J connectivity index is -0.0000000480. The van der Waals surface area contributed by atoms with Crippen LogP contribution in [-0.2, 0) is 9.59 Å². The molecule has 2 radical (unpaired) electrons. The van der Waals surface area contributed by atoms with Crippen molar-refractivity contribution in [1.29, 1.82) is 0 Å². The Hall–Kier alpha value is -0.0403. The van der Waals surface area contributed by atoms with Gasteiger partial charge in [-0.1, -0.05) is 0 Å². The van der Waals surface area contributed by atoms with Crippen LogP contribution in [0.4, 0.5) is 0 Å². The molecule has 0 aromatic heterocycles. The number of carbonyl (C=O) groups is 2. The van der Waals surface area contributed by atoms with Crippen LogP contribution in [0.15, 0.2) is 0 Å². The molecular weight excluding hydrogens is 272 g/mol. The minimum absolute atomic E-state index is 0. The van der Waals surface area contributed by atoms with Crippen LogP contribution < -0.4 is 0 Å². The summed E-state index contributed by atoms with van der Waals surface area (Å²) in [6, 6.07) is 0. The summed E-state index contributed by atoms with van der Waals surface area (Å²) in [5.74, 6) is -2.80. The van der Waals surface area contributed by atoms with Crippen LogP contribution in [0.3, 0.4) is 0 Å². The topological polar surface area (TPSA) is 219 Å². The van der Waals surface area contributed by atoms with E-state index in [1.165, 1.54) is 0 Å². The minimum atomic E-state index is -1.63. The summed E-state index contributed by atoms with van der Waals surface area (Å²) in [6.45, 7) is -1.45. The molecule has 2 atom stereocenters. The fourth-order valence-corrected chi connectivity index (χ4v) is 0.156. The smallest absolute Gasteiger partial charge is 0.334 e. The van der Waals surface area contributed by atoms with Crippen molar-refractivity contribution in [3.8, 4) is 0 Å². The van der Waals surface area contributed by atoms with Crippen LogP contribution in [0.1, 0.15) is 0 Å². The van der Waals surface area contributed by atoms with E-state index in [0.29, 0.717) is 0 Å². The first-order chi connectivity index (χ1) is 6.36. The van der Waals surface area contributed by atoms with Crippen molar-refractivity contribution in [1.82, 2.24) is 0 Å². The van der Waals surface area contributed by atoms with Crippen LogP contribution in [0.25, 0.3) is 0 Å². The van der Waals surface area contributed by atoms with Gasteiger partial charge in [0.2, 0.25) is 0 Å². The third kappa shape index (κ3) is 21.7. The quantitative estimate of drug-likeness (QED) is 0.274. The predicted molar refractivity (Wildman–Crippen MR) is 54.4 cm³/mol. The van der Waals surface area contributed by atoms with E-state index in [9.17, 15) is 9.59 Å². The molecule has 0 aromatic carbocycles. The van der Waals surface area contributed by atoms with Crippen molar-refractivity contribution in [3.63, 3.8) is 0 Å². The number of aliphatic hydroxyl groups excluding tert-OH is 4. The van der Waals surface area contributed by atoms with Crippen molar-refractivity contribution >= 4 is 49.7 Å². The summed E-state index contributed by atoms with van der Waals surface area (Å²) < 4.78 is 0. The first kappa shape index (κ1) is 30.2. The van der Waals surface area contributed by atoms with Crippen LogP contribution in [0.5, 0.6) is 0 Å². The van der Waals surface area contributed by atoms with E-state index in [4.69, 9.17) is 30.6 Å². The van der Waals surface area contributed by atoms with E-state index < -0.39 is 37.4 Å². The molecule has 0 fully saturated rings. The van der Waals surface area contributed by atoms with Crippen molar-refractivity contribution in [2.75, 3.05) is 13.2 Å². The molecule has 0 amide bonds. The van der Waals surface area contributed by atoms with Gasteiger partial charge in [-0.15, -0.1) is 0 Å². The Bertz CT molecular complexity index is 166. The SMILES string of the molecule is O.O.O=C(O)[C@@H](O)CO.O=C(O)[C@@H](O)CO.[Ca]. The molecule has 0 aliphatic rings. The second-order valence-corrected chi connectivity index (χ2v) is 2.07. The average molecular weight is 288 g/mol. The third-order valence-electron chi connectivity index (χ3n) is 0.916. The van der Waals surface area contributed by atoms with Crippen molar-refractivity contribution < 1.29 is 51.2 Å². The molecule has 0 aromatic rings. The number of carboxylic acid groups (broad SMARTS) is 2. The minimum Gasteiger partial charge on any atom is -0.479 e. The van der Waals surface area contributed by atoms with Gasteiger partial charge in [0, 0.05) is 37.7 Å². The van der Waals surface area contributed by atoms with Crippen LogP contribution >= 0.6 is 0 Å². The molecule has 0 aliphatic carbocycles. The monoisotopic (exact) mass is 288 g/mol. The summed E-state index contributed by atoms with van der Waals surface area (Å²) in [7, 11) is 0. The van der Waals surface area contributed by atoms with Gasteiger partial charge in [0.05, 0.1) is 13.2 Å². The average Bonchev–Trinajstić information content (AvgIpc) is 2.15. The zero-order chi connectivity index (χ0) is 11.7. The summed E-state index contributed by atoms with van der Waals surface area (Å²) >= 11 is 0. The number of aliphatic hydroxyl groups is 4. The maximum atomic E-state index is 9.52. The van der Waals surface area contributed by atoms with Gasteiger partial charge in [0.15, 0.2) is 12.2 Å². The van der Waals surface area contributed by atoms with E-state index >= 15 is 0 Å². The molecule has 0 unspecified atom stereocenters. The van der Waals surface area contributed by atoms with Gasteiger partial charge in [-0.3, -0.25) is 0 Å². The summed E-state index contributed by atoms with van der Waals surface area (Å²) in [5.41, 5.74) is 0. The zero-order valence-electron chi connectivity index (χ0n) is 8.78. The zero-order valence-corrected chi connectivity index (χ0v) is 11.0. The van der Waals surface area contributed by atoms with Gasteiger partial charge < -0.3 is 41.6 Å². The number of rotatable bonds is 4. The van der Waals surface area contributed by atoms with E-state index in [0.717, 1.165) is 0 Å². The maximum Gasteiger partial charge on any atom is 0.334 e. The fourth-order valence-electron chi connectivity index (χ4n) is 0.156. The molecule has 0 saturated carbocycles. The standard InChI is InChI=1S/2C3H6O4.Ca.2H2O/c2*4-1-2(5)3(6)7;;;/h2*2,4-5H,1H2,(H,6,7);;2*1H2/t2*2-;;;/m00.../s1. The molecule has 11 heteroatoms. The first-order valence-corrected chi connectivity index (χ1v) is 3.40. The molecular formula is C6H16CaO10. The normalized spacial score (nSPS) is 11.1. The van der Waals surface area contributed by atoms with Crippen LogP contribution in [0.2, 0.25) is 0 Å². The molecule has 10 N–H and O–H groups in total. The third-order valence-corrected chi connectivity index (χ3v) is 0.916. The second-order valence-electron chi connectivity index (χ2n) is 2.07. The molecule has 0 heterocycles. The van der Waals surface area contributed by atoms with Gasteiger partial charge in [-0.05, 0) is 0 Å². The molecule has 0 spiro atoms. The van der Waals surface area contributed by atoms with Gasteiger partial charge in [0.1, 0.15) is 0 Å². The molecule has 0 rings (SSSR count). The van der Waals surface area contributed by atoms with Crippen LogP contribution in [-0.4, -0.2) is 117 Å². The predicted octanol–water partition coefficient (Wildman–Crippen LogP) is -5.18. The van der Waals surface area contributed by atoms with Crippen molar-refractivity contribution in [3.05, 3.63) is 0 Å². The number of hydrogen-bond donors (Lipinski definition) is 6. The Morgan fingerprint density at radius 3 is 1.00 bits per heavy atom. The van der Waals surface area contributed by atoms with E-state index in [1.807, 2.05) is 0 Å². The van der Waals surface area contributed by atoms with Gasteiger partial charge >= 0.3 is 11.9 Å². The Kier molecular flexibility index (Phi) is 32.6. The first-order valence-electron chi connectivity index (χ1n) is 3.40. The number of hydrogen-bond acceptors (Lipinski definition) is 6. The van der Waals surface area contributed by atoms with Crippen molar-refractivity contribution in [2.24, 2.45) is 0 Å². The van der Waals surface area contributed by atoms with Gasteiger partial charge in [-0.2, -0.15) is 0 Å². The van der Waals surface area contributed by atoms with E-state index in [1.54, 1.807) is 0 Å². The molecule has 0 saturated heterocycles. The second kappa shape index (κ2) is 18.3. The van der Waals surface area contributed by atoms with Gasteiger partial charge in [0.25, 0.3) is 0 Å². The van der Waals surface area contributed by atoms with Gasteiger partial charge in [-0.25, -0.2) is 9.59 Å². The summed E-state index contributed by atoms with van der Waals surface area (Å²) in [5, 5.41) is 47.5. The summed E-state index contributed by atoms with van der Waals surface area (Å²) in [4.78, 5) is 19.0. The molecule has 102 valence electrons. The Morgan fingerprint density at radius 1 is 0.824 bits per heavy atom. The summed E-state index contributed by atoms with van der Waals surface area (Å²) in [6.07, 6.45) is -3.25. The molecule has 0 aliphatic heterocycles. The fraction of sp³-hybridized carbons (Fsp3) is 0.667. The van der Waals surface area contributed by atoms with Crippen LogP contribution in [0, 0.1) is 0 Å². The maximum absolute atomic E-state index is 9.52. The molecule has 10 nitrogen and oxygen atoms in total. The largest absolute Gasteiger partial charge is 0.479 e. The Labute approximate surface area is 126 Å². The molecule has 0 bridgehead atoms. The van der Waals surface area contributed by atoms with E-state index in [-0.39, 0.29) is 48.7 Å². The Morgan fingerprint density at radius 2 is 1.00 bits per heavy atom. The number of carboxylic acids is 2.